The fraction of sp³-hybridized carbons (Fsp3) is 0.222. The number of halogens is 2. The minimum absolute atomic E-state index is 0.309. The van der Waals surface area contributed by atoms with Crippen LogP contribution in [0, 0.1) is 11.6 Å². The first-order valence-electron chi connectivity index (χ1n) is 3.82. The monoisotopic (exact) mass is 201 g/mol. The lowest BCUT2D eigenvalue weighted by Crippen LogP contribution is -2.09. The number of nitrogens with two attached hydrogens (primary N) is 1. The standard InChI is InChI=1S/C9H9F2NS/c10-7-3-1-2-6(9(7)11)4-5-8(12)13/h1-3H,4-5H2,(H2,12,13). The molecule has 1 nitrogen and oxygen atoms in total. The molecule has 0 radical (unpaired) electrons. The van der Waals surface area contributed by atoms with E-state index < -0.39 is 11.6 Å². The minimum Gasteiger partial charge on any atom is -0.393 e. The lowest BCUT2D eigenvalue weighted by Gasteiger charge is -2.02. The van der Waals surface area contributed by atoms with Crippen LogP contribution in [0.5, 0.6) is 0 Å². The number of hydrogen-bond acceptors (Lipinski definition) is 1. The maximum atomic E-state index is 13.0. The molecule has 4 heteroatoms. The van der Waals surface area contributed by atoms with Crippen molar-refractivity contribution in [1.82, 2.24) is 0 Å². The van der Waals surface area contributed by atoms with E-state index in [1.807, 2.05) is 0 Å². The molecule has 0 bridgehead atoms. The molecule has 0 aliphatic carbocycles. The van der Waals surface area contributed by atoms with E-state index in [0.717, 1.165) is 6.07 Å². The van der Waals surface area contributed by atoms with Crippen molar-refractivity contribution in [2.75, 3.05) is 0 Å². The van der Waals surface area contributed by atoms with Crippen molar-refractivity contribution >= 4 is 17.2 Å². The van der Waals surface area contributed by atoms with Crippen LogP contribution in [0.1, 0.15) is 12.0 Å². The zero-order valence-electron chi connectivity index (χ0n) is 6.89. The summed E-state index contributed by atoms with van der Waals surface area (Å²) in [5.41, 5.74) is 5.56. The number of hydrogen-bond donors (Lipinski definition) is 1. The van der Waals surface area contributed by atoms with Crippen LogP contribution in [0.2, 0.25) is 0 Å². The van der Waals surface area contributed by atoms with E-state index in [2.05, 4.69) is 12.2 Å². The van der Waals surface area contributed by atoms with Gasteiger partial charge in [-0.25, -0.2) is 8.78 Å². The van der Waals surface area contributed by atoms with Gasteiger partial charge in [0.05, 0.1) is 4.99 Å². The molecule has 0 atom stereocenters. The predicted octanol–water partition coefficient (Wildman–Crippen LogP) is 2.18. The van der Waals surface area contributed by atoms with Crippen LogP contribution in [0.3, 0.4) is 0 Å². The fourth-order valence-electron chi connectivity index (χ4n) is 0.999. The van der Waals surface area contributed by atoms with Crippen LogP contribution in [-0.2, 0) is 6.42 Å². The summed E-state index contributed by atoms with van der Waals surface area (Å²) in [6, 6.07) is 4.07. The summed E-state index contributed by atoms with van der Waals surface area (Å²) in [7, 11) is 0. The summed E-state index contributed by atoms with van der Waals surface area (Å²) in [4.78, 5) is 0.309. The molecule has 2 N–H and O–H groups in total. The summed E-state index contributed by atoms with van der Waals surface area (Å²) >= 11 is 4.63. The fourth-order valence-corrected chi connectivity index (χ4v) is 1.10. The highest BCUT2D eigenvalue weighted by molar-refractivity contribution is 7.80. The van der Waals surface area contributed by atoms with Crippen LogP contribution in [-0.4, -0.2) is 4.99 Å². The summed E-state index contributed by atoms with van der Waals surface area (Å²) < 4.78 is 25.7. The first-order valence-corrected chi connectivity index (χ1v) is 4.23. The van der Waals surface area contributed by atoms with Gasteiger partial charge in [-0.2, -0.15) is 0 Å². The maximum Gasteiger partial charge on any atom is 0.162 e. The summed E-state index contributed by atoms with van der Waals surface area (Å²) in [6.07, 6.45) is 0.745. The van der Waals surface area contributed by atoms with Crippen molar-refractivity contribution in [3.05, 3.63) is 35.4 Å². The van der Waals surface area contributed by atoms with Crippen molar-refractivity contribution in [2.24, 2.45) is 5.73 Å². The van der Waals surface area contributed by atoms with Gasteiger partial charge in [0.25, 0.3) is 0 Å². The third kappa shape index (κ3) is 2.73. The Labute approximate surface area is 80.6 Å². The average molecular weight is 201 g/mol. The molecule has 0 saturated carbocycles. The van der Waals surface area contributed by atoms with Crippen molar-refractivity contribution in [3.63, 3.8) is 0 Å². The van der Waals surface area contributed by atoms with E-state index in [0.29, 0.717) is 23.4 Å². The van der Waals surface area contributed by atoms with Crippen molar-refractivity contribution in [2.45, 2.75) is 12.8 Å². The number of aryl methyl sites for hydroxylation is 1. The van der Waals surface area contributed by atoms with Gasteiger partial charge in [-0.05, 0) is 18.1 Å². The van der Waals surface area contributed by atoms with E-state index in [1.165, 1.54) is 12.1 Å². The summed E-state index contributed by atoms with van der Waals surface area (Å²) in [6.45, 7) is 0. The molecule has 0 fully saturated rings. The molecule has 0 aliphatic rings. The molecular formula is C9H9F2NS. The molecule has 0 saturated heterocycles. The Morgan fingerprint density at radius 2 is 2.08 bits per heavy atom. The molecule has 0 amide bonds. The van der Waals surface area contributed by atoms with Crippen LogP contribution in [0.15, 0.2) is 18.2 Å². The highest BCUT2D eigenvalue weighted by Crippen LogP contribution is 2.12. The van der Waals surface area contributed by atoms with Crippen molar-refractivity contribution in [3.8, 4) is 0 Å². The molecule has 70 valence electrons. The van der Waals surface area contributed by atoms with Gasteiger partial charge in [0, 0.05) is 6.42 Å². The highest BCUT2D eigenvalue weighted by atomic mass is 32.1. The Morgan fingerprint density at radius 3 is 2.69 bits per heavy atom. The van der Waals surface area contributed by atoms with Gasteiger partial charge in [-0.1, -0.05) is 24.4 Å². The van der Waals surface area contributed by atoms with Gasteiger partial charge >= 0.3 is 0 Å². The van der Waals surface area contributed by atoms with Crippen molar-refractivity contribution < 1.29 is 8.78 Å². The quantitative estimate of drug-likeness (QED) is 0.758. The molecule has 1 aromatic carbocycles. The van der Waals surface area contributed by atoms with Crippen LogP contribution in [0.25, 0.3) is 0 Å². The summed E-state index contributed by atoms with van der Waals surface area (Å²) in [5.74, 6) is -1.64. The van der Waals surface area contributed by atoms with Gasteiger partial charge in [0.15, 0.2) is 11.6 Å². The number of benzene rings is 1. The Balaban J connectivity index is 2.77. The van der Waals surface area contributed by atoms with Crippen LogP contribution in [0.4, 0.5) is 8.78 Å². The van der Waals surface area contributed by atoms with Gasteiger partial charge in [-0.3, -0.25) is 0 Å². The Bertz CT molecular complexity index is 325. The molecule has 0 spiro atoms. The van der Waals surface area contributed by atoms with Crippen molar-refractivity contribution in [1.29, 1.82) is 0 Å². The zero-order valence-corrected chi connectivity index (χ0v) is 7.70. The second kappa shape index (κ2) is 4.28. The molecule has 0 aromatic heterocycles. The lowest BCUT2D eigenvalue weighted by molar-refractivity contribution is 0.499. The van der Waals surface area contributed by atoms with Gasteiger partial charge < -0.3 is 5.73 Å². The summed E-state index contributed by atoms with van der Waals surface area (Å²) in [5, 5.41) is 0. The van der Waals surface area contributed by atoms with E-state index in [4.69, 9.17) is 5.73 Å². The SMILES string of the molecule is NC(=S)CCc1cccc(F)c1F. The van der Waals surface area contributed by atoms with E-state index in [1.54, 1.807) is 0 Å². The second-order valence-corrected chi connectivity index (χ2v) is 3.20. The largest absolute Gasteiger partial charge is 0.393 e. The van der Waals surface area contributed by atoms with Crippen LogP contribution < -0.4 is 5.73 Å². The third-order valence-corrected chi connectivity index (χ3v) is 1.88. The predicted molar refractivity (Wildman–Crippen MR) is 51.5 cm³/mol. The zero-order chi connectivity index (χ0) is 9.84. The van der Waals surface area contributed by atoms with E-state index >= 15 is 0 Å². The Kier molecular flexibility index (Phi) is 3.31. The van der Waals surface area contributed by atoms with E-state index in [9.17, 15) is 8.78 Å². The molecule has 0 unspecified atom stereocenters. The highest BCUT2D eigenvalue weighted by Gasteiger charge is 2.06. The first kappa shape index (κ1) is 10.1. The molecule has 1 rings (SSSR count). The molecule has 0 aliphatic heterocycles. The lowest BCUT2D eigenvalue weighted by atomic mass is 10.1. The van der Waals surface area contributed by atoms with Gasteiger partial charge in [0.2, 0.25) is 0 Å². The second-order valence-electron chi connectivity index (χ2n) is 2.68. The minimum atomic E-state index is -0.833. The first-order chi connectivity index (χ1) is 6.11. The van der Waals surface area contributed by atoms with E-state index in [-0.39, 0.29) is 0 Å². The van der Waals surface area contributed by atoms with Gasteiger partial charge in [0.1, 0.15) is 0 Å². The molecule has 1 aromatic rings. The normalized spacial score (nSPS) is 10.0. The molecule has 0 heterocycles. The maximum absolute atomic E-state index is 13.0. The number of thiocarbonyl (C=S) groups is 1. The average Bonchev–Trinajstić information content (AvgIpc) is 2.07. The molecular weight excluding hydrogens is 192 g/mol. The van der Waals surface area contributed by atoms with Crippen LogP contribution >= 0.6 is 12.2 Å². The third-order valence-electron chi connectivity index (χ3n) is 1.67. The molecule has 13 heavy (non-hydrogen) atoms. The number of rotatable bonds is 3. The Hall–Kier alpha value is -1.03. The smallest absolute Gasteiger partial charge is 0.162 e. The Morgan fingerprint density at radius 1 is 1.38 bits per heavy atom. The topological polar surface area (TPSA) is 26.0 Å². The van der Waals surface area contributed by atoms with Gasteiger partial charge in [-0.15, -0.1) is 0 Å².